The third-order valence-corrected chi connectivity index (χ3v) is 4.53. The summed E-state index contributed by atoms with van der Waals surface area (Å²) in [5.74, 6) is -1.41. The number of hydrogen-bond donors (Lipinski definition) is 2. The van der Waals surface area contributed by atoms with Crippen LogP contribution in [0.1, 0.15) is 20.7 Å². The molecule has 2 aromatic carbocycles. The van der Waals surface area contributed by atoms with E-state index in [-0.39, 0.29) is 11.1 Å². The number of methoxy groups -OCH3 is 1. The summed E-state index contributed by atoms with van der Waals surface area (Å²) >= 11 is 0. The predicted octanol–water partition coefficient (Wildman–Crippen LogP) is 1.16. The lowest BCUT2D eigenvalue weighted by Crippen LogP contribution is -2.61. The molecule has 1 aliphatic heterocycles. The van der Waals surface area contributed by atoms with E-state index in [9.17, 15) is 19.8 Å². The van der Waals surface area contributed by atoms with Crippen molar-refractivity contribution in [1.82, 2.24) is 0 Å². The van der Waals surface area contributed by atoms with E-state index < -0.39 is 49.3 Å². The van der Waals surface area contributed by atoms with E-state index in [4.69, 9.17) is 18.9 Å². The van der Waals surface area contributed by atoms with Gasteiger partial charge in [-0.15, -0.1) is 0 Å². The van der Waals surface area contributed by atoms with Crippen molar-refractivity contribution in [3.05, 3.63) is 71.8 Å². The zero-order valence-corrected chi connectivity index (χ0v) is 15.7. The number of aliphatic hydroxyl groups excluding tert-OH is 2. The van der Waals surface area contributed by atoms with Gasteiger partial charge >= 0.3 is 11.9 Å². The highest BCUT2D eigenvalue weighted by Gasteiger charge is 2.49. The molecule has 1 aliphatic rings. The molecule has 0 radical (unpaired) electrons. The quantitative estimate of drug-likeness (QED) is 0.693. The summed E-state index contributed by atoms with van der Waals surface area (Å²) in [4.78, 5) is 24.8. The molecule has 5 atom stereocenters. The van der Waals surface area contributed by atoms with Crippen molar-refractivity contribution >= 4 is 11.9 Å². The molecule has 0 unspecified atom stereocenters. The highest BCUT2D eigenvalue weighted by atomic mass is 16.7. The minimum atomic E-state index is -1.48. The Morgan fingerprint density at radius 2 is 1.38 bits per heavy atom. The monoisotopic (exact) mass is 402 g/mol. The predicted molar refractivity (Wildman–Crippen MR) is 100 cm³/mol. The van der Waals surface area contributed by atoms with E-state index in [1.165, 1.54) is 7.11 Å². The number of aliphatic hydroxyl groups is 2. The Balaban J connectivity index is 1.79. The topological polar surface area (TPSA) is 112 Å². The lowest BCUT2D eigenvalue weighted by Gasteiger charge is -2.42. The molecule has 1 fully saturated rings. The van der Waals surface area contributed by atoms with Gasteiger partial charge in [0.15, 0.2) is 18.5 Å². The number of hydrogen-bond acceptors (Lipinski definition) is 8. The van der Waals surface area contributed by atoms with Crippen molar-refractivity contribution in [2.45, 2.75) is 30.7 Å². The van der Waals surface area contributed by atoms with Crippen LogP contribution in [0.25, 0.3) is 0 Å². The summed E-state index contributed by atoms with van der Waals surface area (Å²) < 4.78 is 21.5. The van der Waals surface area contributed by atoms with E-state index in [0.29, 0.717) is 0 Å². The van der Waals surface area contributed by atoms with E-state index in [1.807, 2.05) is 0 Å². The second-order valence-corrected chi connectivity index (χ2v) is 6.42. The minimum Gasteiger partial charge on any atom is -0.453 e. The van der Waals surface area contributed by atoms with Crippen molar-refractivity contribution in [3.63, 3.8) is 0 Å². The second kappa shape index (κ2) is 9.62. The van der Waals surface area contributed by atoms with E-state index in [2.05, 4.69) is 0 Å². The summed E-state index contributed by atoms with van der Waals surface area (Å²) in [5, 5.41) is 20.4. The molecule has 0 amide bonds. The van der Waals surface area contributed by atoms with Gasteiger partial charge in [0.1, 0.15) is 12.2 Å². The molecule has 0 saturated carbocycles. The molecular formula is C21H22O8. The number of esters is 2. The molecule has 0 aromatic heterocycles. The lowest BCUT2D eigenvalue weighted by molar-refractivity contribution is -0.292. The summed E-state index contributed by atoms with van der Waals surface area (Å²) in [7, 11) is 1.31. The number of rotatable bonds is 6. The summed E-state index contributed by atoms with van der Waals surface area (Å²) in [6.07, 6.45) is -6.24. The molecule has 8 heteroatoms. The Kier molecular flexibility index (Phi) is 6.95. The normalized spacial score (nSPS) is 26.5. The van der Waals surface area contributed by atoms with Gasteiger partial charge < -0.3 is 29.2 Å². The first kappa shape index (κ1) is 20.9. The van der Waals surface area contributed by atoms with Crippen molar-refractivity contribution < 1.29 is 38.7 Å². The fourth-order valence-electron chi connectivity index (χ4n) is 3.03. The molecule has 1 heterocycles. The average molecular weight is 402 g/mol. The maximum Gasteiger partial charge on any atom is 0.338 e. The molecule has 154 valence electrons. The number of ether oxygens (including phenoxy) is 4. The van der Waals surface area contributed by atoms with Gasteiger partial charge in [0.2, 0.25) is 0 Å². The largest absolute Gasteiger partial charge is 0.453 e. The number of benzene rings is 2. The zero-order valence-electron chi connectivity index (χ0n) is 15.7. The summed E-state index contributed by atoms with van der Waals surface area (Å²) in [6, 6.07) is 16.4. The third-order valence-electron chi connectivity index (χ3n) is 4.53. The summed E-state index contributed by atoms with van der Waals surface area (Å²) in [5.41, 5.74) is 0.541. The van der Waals surface area contributed by atoms with Crippen LogP contribution >= 0.6 is 0 Å². The molecule has 3 rings (SSSR count). The van der Waals surface area contributed by atoms with Crippen LogP contribution in [0.3, 0.4) is 0 Å². The Hall–Kier alpha value is -2.78. The molecule has 0 bridgehead atoms. The van der Waals surface area contributed by atoms with Gasteiger partial charge in [-0.3, -0.25) is 0 Å². The van der Waals surface area contributed by atoms with Crippen LogP contribution in [0.15, 0.2) is 60.7 Å². The highest BCUT2D eigenvalue weighted by molar-refractivity contribution is 5.90. The molecule has 0 aliphatic carbocycles. The molecule has 2 N–H and O–H groups in total. The van der Waals surface area contributed by atoms with Gasteiger partial charge in [0.25, 0.3) is 0 Å². The van der Waals surface area contributed by atoms with Crippen LogP contribution in [0.5, 0.6) is 0 Å². The fourth-order valence-corrected chi connectivity index (χ4v) is 3.03. The van der Waals surface area contributed by atoms with Crippen molar-refractivity contribution in [2.24, 2.45) is 0 Å². The van der Waals surface area contributed by atoms with Crippen LogP contribution in [0, 0.1) is 0 Å². The minimum absolute atomic E-state index is 0.267. The Morgan fingerprint density at radius 3 is 1.83 bits per heavy atom. The van der Waals surface area contributed by atoms with Crippen molar-refractivity contribution in [2.75, 3.05) is 13.7 Å². The Morgan fingerprint density at radius 1 is 0.897 bits per heavy atom. The van der Waals surface area contributed by atoms with Gasteiger partial charge in [-0.25, -0.2) is 9.59 Å². The number of carbonyl (C=O) groups is 2. The van der Waals surface area contributed by atoms with Crippen LogP contribution in [0.4, 0.5) is 0 Å². The van der Waals surface area contributed by atoms with E-state index in [1.54, 1.807) is 60.7 Å². The fraction of sp³-hybridized carbons (Fsp3) is 0.333. The Labute approximate surface area is 167 Å². The maximum atomic E-state index is 12.4. The zero-order chi connectivity index (χ0) is 20.8. The third kappa shape index (κ3) is 4.80. The first-order chi connectivity index (χ1) is 14.0. The van der Waals surface area contributed by atoms with E-state index in [0.717, 1.165) is 0 Å². The van der Waals surface area contributed by atoms with Gasteiger partial charge in [0, 0.05) is 7.11 Å². The standard InChI is InChI=1S/C21H22O8/c1-26-21-18(29-20(25)14-10-6-3-7-11-14)16(23)17(15(12-22)27-21)28-19(24)13-8-4-2-5-9-13/h2-11,15-18,21-23H,12H2,1H3/t15-,16+,17-,18+,21+/m1/s1. The van der Waals surface area contributed by atoms with Gasteiger partial charge in [-0.05, 0) is 24.3 Å². The van der Waals surface area contributed by atoms with Crippen LogP contribution in [-0.4, -0.2) is 66.6 Å². The van der Waals surface area contributed by atoms with Crippen molar-refractivity contribution in [3.8, 4) is 0 Å². The van der Waals surface area contributed by atoms with Gasteiger partial charge in [0.05, 0.1) is 17.7 Å². The molecule has 1 saturated heterocycles. The first-order valence-electron chi connectivity index (χ1n) is 9.04. The van der Waals surface area contributed by atoms with Gasteiger partial charge in [-0.1, -0.05) is 36.4 Å². The smallest absolute Gasteiger partial charge is 0.338 e. The van der Waals surface area contributed by atoms with E-state index >= 15 is 0 Å². The summed E-state index contributed by atoms with van der Waals surface area (Å²) in [6.45, 7) is -0.539. The Bertz CT molecular complexity index is 742. The SMILES string of the molecule is CO[C@H]1O[C@H](CO)[C@@H](OC(=O)c2ccccc2)[C@H](O)[C@@H]1OC(=O)c1ccccc1. The van der Waals surface area contributed by atoms with Crippen LogP contribution < -0.4 is 0 Å². The van der Waals surface area contributed by atoms with Crippen LogP contribution in [-0.2, 0) is 18.9 Å². The highest BCUT2D eigenvalue weighted by Crippen LogP contribution is 2.27. The van der Waals surface area contributed by atoms with Gasteiger partial charge in [-0.2, -0.15) is 0 Å². The maximum absolute atomic E-state index is 12.4. The molecular weight excluding hydrogens is 380 g/mol. The van der Waals surface area contributed by atoms with Crippen LogP contribution in [0.2, 0.25) is 0 Å². The second-order valence-electron chi connectivity index (χ2n) is 6.42. The number of carbonyl (C=O) groups excluding carboxylic acids is 2. The molecule has 2 aromatic rings. The molecule has 29 heavy (non-hydrogen) atoms. The first-order valence-corrected chi connectivity index (χ1v) is 9.04. The average Bonchev–Trinajstić information content (AvgIpc) is 2.77. The molecule has 0 spiro atoms. The molecule has 8 nitrogen and oxygen atoms in total. The van der Waals surface area contributed by atoms with Crippen molar-refractivity contribution in [1.29, 1.82) is 0 Å². The lowest BCUT2D eigenvalue weighted by atomic mass is 9.98.